The molecule has 0 fully saturated rings. The summed E-state index contributed by atoms with van der Waals surface area (Å²) in [6, 6.07) is 5.97. The van der Waals surface area contributed by atoms with E-state index in [1.807, 2.05) is 18.3 Å². The fourth-order valence-electron chi connectivity index (χ4n) is 3.33. The quantitative estimate of drug-likeness (QED) is 0.922. The summed E-state index contributed by atoms with van der Waals surface area (Å²) in [5.74, 6) is 0.609. The van der Waals surface area contributed by atoms with Gasteiger partial charge in [0.25, 0.3) is 0 Å². The predicted octanol–water partition coefficient (Wildman–Crippen LogP) is 3.20. The number of fused-ring (bicyclic) bond motifs is 1. The van der Waals surface area contributed by atoms with E-state index in [2.05, 4.69) is 36.4 Å². The number of pyridine rings is 1. The summed E-state index contributed by atoms with van der Waals surface area (Å²) in [4.78, 5) is 4.29. The molecular weight excluding hydrogens is 264 g/mol. The highest BCUT2D eigenvalue weighted by molar-refractivity contribution is 5.43. The Balaban J connectivity index is 2.11. The van der Waals surface area contributed by atoms with Gasteiger partial charge in [0, 0.05) is 23.0 Å². The van der Waals surface area contributed by atoms with E-state index in [1.165, 1.54) is 5.69 Å². The summed E-state index contributed by atoms with van der Waals surface area (Å²) in [7, 11) is 1.61. The van der Waals surface area contributed by atoms with Gasteiger partial charge in [-0.1, -0.05) is 13.8 Å². The molecule has 21 heavy (non-hydrogen) atoms. The summed E-state index contributed by atoms with van der Waals surface area (Å²) in [5, 5.41) is 10.4. The van der Waals surface area contributed by atoms with Crippen molar-refractivity contribution < 1.29 is 9.84 Å². The number of hydrogen-bond donors (Lipinski definition) is 1. The van der Waals surface area contributed by atoms with Crippen molar-refractivity contribution >= 4 is 0 Å². The molecule has 1 N–H and O–H groups in total. The molecule has 0 spiro atoms. The molecule has 1 aliphatic rings. The van der Waals surface area contributed by atoms with Gasteiger partial charge >= 0.3 is 0 Å². The van der Waals surface area contributed by atoms with E-state index >= 15 is 0 Å². The highest BCUT2D eigenvalue weighted by Gasteiger charge is 2.34. The van der Waals surface area contributed by atoms with Crippen molar-refractivity contribution in [2.45, 2.75) is 39.7 Å². The highest BCUT2D eigenvalue weighted by atomic mass is 16.5. The first-order chi connectivity index (χ1) is 9.91. The van der Waals surface area contributed by atoms with Crippen LogP contribution in [-0.4, -0.2) is 21.8 Å². The van der Waals surface area contributed by atoms with E-state index in [1.54, 1.807) is 7.11 Å². The third-order valence-electron chi connectivity index (χ3n) is 4.26. The summed E-state index contributed by atoms with van der Waals surface area (Å²) >= 11 is 0. The van der Waals surface area contributed by atoms with Gasteiger partial charge < -0.3 is 14.4 Å². The molecule has 2 aromatic rings. The van der Waals surface area contributed by atoms with Crippen molar-refractivity contribution in [1.29, 1.82) is 0 Å². The lowest BCUT2D eigenvalue weighted by Gasteiger charge is -2.34. The van der Waals surface area contributed by atoms with Crippen molar-refractivity contribution in [1.82, 2.24) is 9.55 Å². The summed E-state index contributed by atoms with van der Waals surface area (Å²) < 4.78 is 7.32. The topological polar surface area (TPSA) is 47.3 Å². The van der Waals surface area contributed by atoms with E-state index in [4.69, 9.17) is 4.74 Å². The van der Waals surface area contributed by atoms with Gasteiger partial charge in [0.15, 0.2) is 0 Å². The second-order valence-corrected chi connectivity index (χ2v) is 6.64. The molecule has 0 aromatic carbocycles. The van der Waals surface area contributed by atoms with Crippen LogP contribution < -0.4 is 4.74 Å². The Labute approximate surface area is 125 Å². The molecule has 2 heterocycles. The maximum absolute atomic E-state index is 10.4. The average molecular weight is 286 g/mol. The van der Waals surface area contributed by atoms with Gasteiger partial charge in [-0.05, 0) is 37.3 Å². The summed E-state index contributed by atoms with van der Waals surface area (Å²) in [6.07, 6.45) is 3.21. The van der Waals surface area contributed by atoms with Gasteiger partial charge in [-0.2, -0.15) is 0 Å². The van der Waals surface area contributed by atoms with Crippen molar-refractivity contribution in [2.75, 3.05) is 7.11 Å². The standard InChI is InChI=1S/C17H22N2O2/c1-11-7-13-14(8-17(2,3)9-15(13)20)19(11)12-5-6-16(21-4)18-10-12/h5-7,10,15,20H,8-9H2,1-4H3. The molecule has 1 unspecified atom stereocenters. The van der Waals surface area contributed by atoms with Crippen molar-refractivity contribution in [3.05, 3.63) is 41.3 Å². The normalized spacial score (nSPS) is 20.1. The molecule has 0 amide bonds. The molecule has 4 nitrogen and oxygen atoms in total. The van der Waals surface area contributed by atoms with Gasteiger partial charge in [0.2, 0.25) is 5.88 Å². The highest BCUT2D eigenvalue weighted by Crippen LogP contribution is 2.42. The lowest BCUT2D eigenvalue weighted by atomic mass is 9.75. The molecular formula is C17H22N2O2. The Hall–Kier alpha value is -1.81. The minimum absolute atomic E-state index is 0.106. The molecule has 4 heteroatoms. The number of aromatic nitrogens is 2. The van der Waals surface area contributed by atoms with Crippen LogP contribution in [0.2, 0.25) is 0 Å². The van der Waals surface area contributed by atoms with E-state index in [-0.39, 0.29) is 11.5 Å². The zero-order valence-corrected chi connectivity index (χ0v) is 13.1. The van der Waals surface area contributed by atoms with E-state index in [9.17, 15) is 5.11 Å². The van der Waals surface area contributed by atoms with Crippen molar-refractivity contribution in [2.24, 2.45) is 5.41 Å². The summed E-state index contributed by atoms with van der Waals surface area (Å²) in [6.45, 7) is 6.48. The Bertz CT molecular complexity index is 656. The largest absolute Gasteiger partial charge is 0.481 e. The molecule has 1 atom stereocenters. The fraction of sp³-hybridized carbons (Fsp3) is 0.471. The number of aliphatic hydroxyl groups is 1. The molecule has 0 saturated heterocycles. The minimum Gasteiger partial charge on any atom is -0.481 e. The maximum atomic E-state index is 10.4. The lowest BCUT2D eigenvalue weighted by Crippen LogP contribution is -2.26. The third-order valence-corrected chi connectivity index (χ3v) is 4.26. The predicted molar refractivity (Wildman–Crippen MR) is 81.9 cm³/mol. The number of aliphatic hydroxyl groups excluding tert-OH is 1. The first-order valence-electron chi connectivity index (χ1n) is 7.31. The van der Waals surface area contributed by atoms with Gasteiger partial charge in [0.05, 0.1) is 25.1 Å². The molecule has 0 aliphatic heterocycles. The average Bonchev–Trinajstić information content (AvgIpc) is 2.74. The van der Waals surface area contributed by atoms with Crippen LogP contribution in [0.4, 0.5) is 0 Å². The van der Waals surface area contributed by atoms with Gasteiger partial charge in [-0.15, -0.1) is 0 Å². The number of ether oxygens (including phenoxy) is 1. The Morgan fingerprint density at radius 1 is 1.38 bits per heavy atom. The first kappa shape index (κ1) is 14.1. The van der Waals surface area contributed by atoms with Crippen LogP contribution in [0, 0.1) is 12.3 Å². The molecule has 2 aromatic heterocycles. The zero-order valence-electron chi connectivity index (χ0n) is 13.1. The third kappa shape index (κ3) is 2.44. The van der Waals surface area contributed by atoms with Crippen LogP contribution in [0.3, 0.4) is 0 Å². The van der Waals surface area contributed by atoms with Crippen LogP contribution in [0.25, 0.3) is 5.69 Å². The number of hydrogen-bond acceptors (Lipinski definition) is 3. The Morgan fingerprint density at radius 2 is 2.14 bits per heavy atom. The van der Waals surface area contributed by atoms with Crippen molar-refractivity contribution in [3.8, 4) is 11.6 Å². The number of nitrogens with zero attached hydrogens (tertiary/aromatic N) is 2. The lowest BCUT2D eigenvalue weighted by molar-refractivity contribution is 0.0987. The van der Waals surface area contributed by atoms with E-state index < -0.39 is 0 Å². The van der Waals surface area contributed by atoms with Gasteiger partial charge in [-0.25, -0.2) is 4.98 Å². The smallest absolute Gasteiger partial charge is 0.213 e. The monoisotopic (exact) mass is 286 g/mol. The van der Waals surface area contributed by atoms with E-state index in [0.29, 0.717) is 5.88 Å². The Kier molecular flexibility index (Phi) is 3.29. The first-order valence-corrected chi connectivity index (χ1v) is 7.31. The number of rotatable bonds is 2. The number of aryl methyl sites for hydroxylation is 1. The molecule has 3 rings (SSSR count). The summed E-state index contributed by atoms with van der Waals surface area (Å²) in [5.41, 5.74) is 4.50. The molecule has 112 valence electrons. The second-order valence-electron chi connectivity index (χ2n) is 6.64. The van der Waals surface area contributed by atoms with E-state index in [0.717, 1.165) is 29.8 Å². The second kappa shape index (κ2) is 4.88. The maximum Gasteiger partial charge on any atom is 0.213 e. The van der Waals surface area contributed by atoms with Crippen LogP contribution in [0.5, 0.6) is 5.88 Å². The van der Waals surface area contributed by atoms with Crippen LogP contribution >= 0.6 is 0 Å². The minimum atomic E-state index is -0.380. The van der Waals surface area contributed by atoms with Crippen LogP contribution in [0.15, 0.2) is 24.4 Å². The molecule has 1 aliphatic carbocycles. The number of methoxy groups -OCH3 is 1. The van der Waals surface area contributed by atoms with Crippen LogP contribution in [0.1, 0.15) is 43.3 Å². The molecule has 0 bridgehead atoms. The van der Waals surface area contributed by atoms with Crippen molar-refractivity contribution in [3.63, 3.8) is 0 Å². The fourth-order valence-corrected chi connectivity index (χ4v) is 3.33. The van der Waals surface area contributed by atoms with Gasteiger partial charge in [0.1, 0.15) is 0 Å². The molecule has 0 radical (unpaired) electrons. The van der Waals surface area contributed by atoms with Crippen LogP contribution in [-0.2, 0) is 6.42 Å². The molecule has 0 saturated carbocycles. The van der Waals surface area contributed by atoms with Gasteiger partial charge in [-0.3, -0.25) is 0 Å². The SMILES string of the molecule is COc1ccc(-n2c(C)cc3c2CC(C)(C)CC3O)cn1. The zero-order chi connectivity index (χ0) is 15.2. The Morgan fingerprint density at radius 3 is 2.76 bits per heavy atom.